The number of esters is 1. The van der Waals surface area contributed by atoms with E-state index in [4.69, 9.17) is 0 Å². The van der Waals surface area contributed by atoms with Crippen molar-refractivity contribution in [3.63, 3.8) is 0 Å². The molecular weight excluding hydrogens is 123 g/mol. The second-order valence-corrected chi connectivity index (χ2v) is 2.02. The highest BCUT2D eigenvalue weighted by Crippen LogP contribution is 2.18. The minimum absolute atomic E-state index is 0.126. The quantitative estimate of drug-likeness (QED) is 0.460. The largest absolute Gasteiger partial charge is 0.432 e. The summed E-state index contributed by atoms with van der Waals surface area (Å²) in [5.41, 5.74) is 0. The molecule has 9 heavy (non-hydrogen) atoms. The van der Waals surface area contributed by atoms with E-state index < -0.39 is 12.1 Å². The minimum atomic E-state index is -1.08. The molecule has 1 aliphatic rings. The third kappa shape index (κ3) is 1.52. The van der Waals surface area contributed by atoms with Crippen molar-refractivity contribution in [3.8, 4) is 0 Å². The van der Waals surface area contributed by atoms with Crippen molar-refractivity contribution in [3.05, 3.63) is 12.3 Å². The summed E-state index contributed by atoms with van der Waals surface area (Å²) in [5.74, 6) is -0.280. The lowest BCUT2D eigenvalue weighted by molar-refractivity contribution is -0.143. The lowest BCUT2D eigenvalue weighted by Crippen LogP contribution is -2.19. The van der Waals surface area contributed by atoms with Crippen LogP contribution in [0.25, 0.3) is 0 Å². The number of hydrogen-bond acceptors (Lipinski definition) is 2. The van der Waals surface area contributed by atoms with Gasteiger partial charge in [0.05, 0.1) is 6.42 Å². The molecular formula is C6H7FO2. The summed E-state index contributed by atoms with van der Waals surface area (Å²) in [6.45, 7) is 3.33. The zero-order chi connectivity index (χ0) is 6.85. The molecule has 1 saturated heterocycles. The second kappa shape index (κ2) is 2.17. The van der Waals surface area contributed by atoms with Crippen LogP contribution in [-0.2, 0) is 9.53 Å². The van der Waals surface area contributed by atoms with Crippen molar-refractivity contribution in [2.75, 3.05) is 0 Å². The van der Waals surface area contributed by atoms with Crippen molar-refractivity contribution >= 4 is 5.97 Å². The van der Waals surface area contributed by atoms with Crippen molar-refractivity contribution in [1.29, 1.82) is 0 Å². The Morgan fingerprint density at radius 2 is 2.33 bits per heavy atom. The molecule has 1 unspecified atom stereocenters. The molecule has 1 rings (SSSR count). The molecule has 1 fully saturated rings. The van der Waals surface area contributed by atoms with Gasteiger partial charge >= 0.3 is 5.97 Å². The van der Waals surface area contributed by atoms with Gasteiger partial charge in [-0.05, 0) is 0 Å². The average Bonchev–Trinajstić information content (AvgIpc) is 1.59. The van der Waals surface area contributed by atoms with Crippen LogP contribution in [0, 0.1) is 0 Å². The van der Waals surface area contributed by atoms with Crippen LogP contribution in [0.2, 0.25) is 0 Å². The van der Waals surface area contributed by atoms with Crippen molar-refractivity contribution in [2.24, 2.45) is 0 Å². The molecule has 0 spiro atoms. The normalized spacial score (nSPS) is 27.9. The molecule has 2 nitrogen and oxygen atoms in total. The van der Waals surface area contributed by atoms with Crippen LogP contribution in [0.1, 0.15) is 12.8 Å². The molecule has 1 aliphatic heterocycles. The monoisotopic (exact) mass is 130 g/mol. The van der Waals surface area contributed by atoms with Crippen LogP contribution < -0.4 is 0 Å². The Kier molecular flexibility index (Phi) is 1.51. The van der Waals surface area contributed by atoms with E-state index in [1.807, 2.05) is 0 Å². The molecule has 0 aromatic heterocycles. The van der Waals surface area contributed by atoms with Gasteiger partial charge < -0.3 is 4.74 Å². The number of hydrogen-bond donors (Lipinski definition) is 0. The summed E-state index contributed by atoms with van der Waals surface area (Å²) in [4.78, 5) is 10.4. The Morgan fingerprint density at radius 3 is 2.78 bits per heavy atom. The maximum atomic E-state index is 12.3. The highest BCUT2D eigenvalue weighted by Gasteiger charge is 2.22. The van der Waals surface area contributed by atoms with Gasteiger partial charge in [-0.3, -0.25) is 4.79 Å². The minimum Gasteiger partial charge on any atom is -0.432 e. The molecule has 1 heterocycles. The van der Waals surface area contributed by atoms with Gasteiger partial charge in [0.1, 0.15) is 11.9 Å². The van der Waals surface area contributed by atoms with E-state index in [-0.39, 0.29) is 18.6 Å². The predicted molar refractivity (Wildman–Crippen MR) is 29.4 cm³/mol. The van der Waals surface area contributed by atoms with Gasteiger partial charge in [-0.25, -0.2) is 4.39 Å². The molecule has 3 heteroatoms. The topological polar surface area (TPSA) is 26.3 Å². The van der Waals surface area contributed by atoms with Crippen molar-refractivity contribution in [2.45, 2.75) is 19.0 Å². The fourth-order valence-corrected chi connectivity index (χ4v) is 0.744. The molecule has 0 aromatic carbocycles. The first-order chi connectivity index (χ1) is 4.18. The van der Waals surface area contributed by atoms with Crippen LogP contribution >= 0.6 is 0 Å². The zero-order valence-corrected chi connectivity index (χ0v) is 4.89. The molecule has 0 saturated carbocycles. The number of cyclic esters (lactones) is 1. The predicted octanol–water partition coefficient (Wildman–Crippen LogP) is 1.18. The lowest BCUT2D eigenvalue weighted by atomic mass is 10.1. The van der Waals surface area contributed by atoms with E-state index in [1.54, 1.807) is 0 Å². The summed E-state index contributed by atoms with van der Waals surface area (Å²) < 4.78 is 16.8. The molecule has 0 aromatic rings. The summed E-state index contributed by atoms with van der Waals surface area (Å²) in [5, 5.41) is 0. The second-order valence-electron chi connectivity index (χ2n) is 2.02. The number of carbonyl (C=O) groups is 1. The summed E-state index contributed by atoms with van der Waals surface area (Å²) >= 11 is 0. The summed E-state index contributed by atoms with van der Waals surface area (Å²) in [6, 6.07) is 0. The number of allylic oxidation sites excluding steroid dienone is 1. The van der Waals surface area contributed by atoms with Gasteiger partial charge in [0.25, 0.3) is 0 Å². The van der Waals surface area contributed by atoms with Crippen LogP contribution in [0.15, 0.2) is 12.3 Å². The lowest BCUT2D eigenvalue weighted by Gasteiger charge is -2.15. The van der Waals surface area contributed by atoms with E-state index in [1.165, 1.54) is 0 Å². The average molecular weight is 130 g/mol. The maximum Gasteiger partial charge on any atom is 0.313 e. The van der Waals surface area contributed by atoms with E-state index in [0.717, 1.165) is 0 Å². The molecule has 0 aliphatic carbocycles. The number of halogens is 1. The molecule has 50 valence electrons. The summed E-state index contributed by atoms with van der Waals surface area (Å²) in [7, 11) is 0. The molecule has 0 radical (unpaired) electrons. The van der Waals surface area contributed by atoms with Gasteiger partial charge in [0.2, 0.25) is 0 Å². The number of ether oxygens (including phenoxy) is 1. The smallest absolute Gasteiger partial charge is 0.313 e. The zero-order valence-electron chi connectivity index (χ0n) is 4.89. The van der Waals surface area contributed by atoms with E-state index in [9.17, 15) is 9.18 Å². The first-order valence-electron chi connectivity index (χ1n) is 2.71. The van der Waals surface area contributed by atoms with Gasteiger partial charge in [0.15, 0.2) is 0 Å². The van der Waals surface area contributed by atoms with Gasteiger partial charge in [-0.15, -0.1) is 0 Å². The Morgan fingerprint density at radius 1 is 1.67 bits per heavy atom. The Hall–Kier alpha value is -0.860. The molecule has 1 atom stereocenters. The van der Waals surface area contributed by atoms with Gasteiger partial charge in [-0.2, -0.15) is 0 Å². The fraction of sp³-hybridized carbons (Fsp3) is 0.500. The molecule has 0 N–H and O–H groups in total. The number of alkyl halides is 1. The first kappa shape index (κ1) is 6.26. The number of carbonyl (C=O) groups excluding carboxylic acids is 1. The van der Waals surface area contributed by atoms with Crippen LogP contribution in [0.4, 0.5) is 4.39 Å². The Labute approximate surface area is 52.3 Å². The van der Waals surface area contributed by atoms with Crippen molar-refractivity contribution in [1.82, 2.24) is 0 Å². The molecule has 0 amide bonds. The van der Waals surface area contributed by atoms with E-state index in [0.29, 0.717) is 0 Å². The van der Waals surface area contributed by atoms with Gasteiger partial charge in [-0.1, -0.05) is 6.58 Å². The Balaban J connectivity index is 2.53. The van der Waals surface area contributed by atoms with Crippen LogP contribution in [0.5, 0.6) is 0 Å². The third-order valence-corrected chi connectivity index (χ3v) is 1.10. The van der Waals surface area contributed by atoms with Crippen molar-refractivity contribution < 1.29 is 13.9 Å². The SMILES string of the molecule is C=C1CC(F)CC(=O)O1. The highest BCUT2D eigenvalue weighted by molar-refractivity contribution is 5.72. The molecule has 0 bridgehead atoms. The van der Waals surface area contributed by atoms with Crippen LogP contribution in [0.3, 0.4) is 0 Å². The standard InChI is InChI=1S/C6H7FO2/c1-4-2-5(7)3-6(8)9-4/h5H,1-3H2. The third-order valence-electron chi connectivity index (χ3n) is 1.10. The first-order valence-corrected chi connectivity index (χ1v) is 2.71. The fourth-order valence-electron chi connectivity index (χ4n) is 0.744. The maximum absolute atomic E-state index is 12.3. The van der Waals surface area contributed by atoms with E-state index >= 15 is 0 Å². The Bertz CT molecular complexity index is 137. The summed E-state index contributed by atoms with van der Waals surface area (Å²) in [6.07, 6.45) is -1.05. The number of rotatable bonds is 0. The highest BCUT2D eigenvalue weighted by atomic mass is 19.1. The van der Waals surface area contributed by atoms with Crippen LogP contribution in [-0.4, -0.2) is 12.1 Å². The van der Waals surface area contributed by atoms with E-state index in [2.05, 4.69) is 11.3 Å². The van der Waals surface area contributed by atoms with Gasteiger partial charge in [0, 0.05) is 6.42 Å².